The Bertz CT molecular complexity index is 270. The van der Waals surface area contributed by atoms with Gasteiger partial charge in [0.15, 0.2) is 0 Å². The maximum atomic E-state index is 10.2. The van der Waals surface area contributed by atoms with Crippen molar-refractivity contribution in [1.82, 2.24) is 0 Å². The minimum absolute atomic E-state index is 0.365. The maximum absolute atomic E-state index is 10.2. The lowest BCUT2D eigenvalue weighted by Crippen LogP contribution is -2.29. The smallest absolute Gasteiger partial charge is 0.122 e. The Morgan fingerprint density at radius 2 is 2.23 bits per heavy atom. The number of aryl methyl sites for hydroxylation is 1. The van der Waals surface area contributed by atoms with Crippen LogP contribution in [0.4, 0.5) is 0 Å². The van der Waals surface area contributed by atoms with Crippen LogP contribution in [0.25, 0.3) is 0 Å². The van der Waals surface area contributed by atoms with E-state index in [2.05, 4.69) is 0 Å². The van der Waals surface area contributed by atoms with E-state index in [-0.39, 0.29) is 0 Å². The Hall–Kier alpha value is -0.380. The first kappa shape index (κ1) is 10.7. The highest BCUT2D eigenvalue weighted by Gasteiger charge is 2.28. The van der Waals surface area contributed by atoms with E-state index in [0.29, 0.717) is 13.0 Å². The molecule has 1 N–H and O–H groups in total. The first-order chi connectivity index (χ1) is 6.12. The van der Waals surface area contributed by atoms with E-state index in [1.54, 1.807) is 18.4 Å². The van der Waals surface area contributed by atoms with E-state index < -0.39 is 5.60 Å². The molecule has 0 aliphatic heterocycles. The number of aliphatic hydroxyl groups is 1. The van der Waals surface area contributed by atoms with Gasteiger partial charge in [0.1, 0.15) is 5.60 Å². The molecule has 0 radical (unpaired) electrons. The first-order valence-corrected chi connectivity index (χ1v) is 5.22. The van der Waals surface area contributed by atoms with E-state index in [9.17, 15) is 5.11 Å². The molecule has 1 heterocycles. The molecule has 0 fully saturated rings. The molecule has 0 aromatic carbocycles. The summed E-state index contributed by atoms with van der Waals surface area (Å²) in [6, 6.07) is 4.00. The first-order valence-electron chi connectivity index (χ1n) is 4.40. The molecule has 0 spiro atoms. The fourth-order valence-electron chi connectivity index (χ4n) is 1.27. The van der Waals surface area contributed by atoms with E-state index in [1.807, 2.05) is 26.0 Å². The lowest BCUT2D eigenvalue weighted by Gasteiger charge is -2.24. The van der Waals surface area contributed by atoms with Gasteiger partial charge in [-0.1, -0.05) is 6.92 Å². The van der Waals surface area contributed by atoms with Crippen LogP contribution in [-0.4, -0.2) is 18.8 Å². The van der Waals surface area contributed by atoms with Gasteiger partial charge in [0.25, 0.3) is 0 Å². The summed E-state index contributed by atoms with van der Waals surface area (Å²) in [4.78, 5) is 2.22. The second kappa shape index (κ2) is 4.22. The SMILES string of the molecule is CCC(O)(COC)c1ccc(C)s1. The van der Waals surface area contributed by atoms with Crippen LogP contribution in [0.2, 0.25) is 0 Å². The summed E-state index contributed by atoms with van der Waals surface area (Å²) in [7, 11) is 1.61. The summed E-state index contributed by atoms with van der Waals surface area (Å²) < 4.78 is 5.02. The lowest BCUT2D eigenvalue weighted by molar-refractivity contribution is -0.0358. The highest BCUT2D eigenvalue weighted by atomic mass is 32.1. The second-order valence-electron chi connectivity index (χ2n) is 3.23. The van der Waals surface area contributed by atoms with Crippen molar-refractivity contribution in [2.24, 2.45) is 0 Å². The number of ether oxygens (including phenoxy) is 1. The molecule has 74 valence electrons. The van der Waals surface area contributed by atoms with Gasteiger partial charge in [-0.25, -0.2) is 0 Å². The molecule has 0 aliphatic carbocycles. The van der Waals surface area contributed by atoms with Gasteiger partial charge in [0, 0.05) is 16.9 Å². The lowest BCUT2D eigenvalue weighted by atomic mass is 10.0. The zero-order valence-corrected chi connectivity index (χ0v) is 9.15. The van der Waals surface area contributed by atoms with Crippen molar-refractivity contribution in [2.45, 2.75) is 25.9 Å². The van der Waals surface area contributed by atoms with Crippen molar-refractivity contribution < 1.29 is 9.84 Å². The van der Waals surface area contributed by atoms with Crippen molar-refractivity contribution in [1.29, 1.82) is 0 Å². The number of thiophene rings is 1. The molecule has 1 rings (SSSR count). The molecule has 3 heteroatoms. The molecule has 1 aromatic heterocycles. The Balaban J connectivity index is 2.88. The second-order valence-corrected chi connectivity index (χ2v) is 4.52. The van der Waals surface area contributed by atoms with Crippen molar-refractivity contribution in [3.63, 3.8) is 0 Å². The predicted octanol–water partition coefficient (Wildman–Crippen LogP) is 2.30. The molecule has 0 amide bonds. The predicted molar refractivity (Wildman–Crippen MR) is 55.1 cm³/mol. The molecular formula is C10H16O2S. The van der Waals surface area contributed by atoms with Gasteiger partial charge < -0.3 is 9.84 Å². The summed E-state index contributed by atoms with van der Waals surface area (Å²) in [5.74, 6) is 0. The number of hydrogen-bond donors (Lipinski definition) is 1. The van der Waals surface area contributed by atoms with E-state index in [0.717, 1.165) is 4.88 Å². The molecule has 0 aliphatic rings. The fraction of sp³-hybridized carbons (Fsp3) is 0.600. The van der Waals surface area contributed by atoms with Crippen LogP contribution in [0.15, 0.2) is 12.1 Å². The average Bonchev–Trinajstić information content (AvgIpc) is 2.52. The van der Waals surface area contributed by atoms with Crippen molar-refractivity contribution in [2.75, 3.05) is 13.7 Å². The number of methoxy groups -OCH3 is 1. The fourth-order valence-corrected chi connectivity index (χ4v) is 2.28. The van der Waals surface area contributed by atoms with Crippen LogP contribution in [0, 0.1) is 6.92 Å². The van der Waals surface area contributed by atoms with Gasteiger partial charge in [-0.05, 0) is 25.5 Å². The zero-order chi connectivity index (χ0) is 9.90. The quantitative estimate of drug-likeness (QED) is 0.808. The molecule has 13 heavy (non-hydrogen) atoms. The Morgan fingerprint density at radius 3 is 2.62 bits per heavy atom. The average molecular weight is 200 g/mol. The Kier molecular flexibility index (Phi) is 3.47. The van der Waals surface area contributed by atoms with Gasteiger partial charge in [-0.3, -0.25) is 0 Å². The van der Waals surface area contributed by atoms with E-state index in [1.165, 1.54) is 4.88 Å². The number of rotatable bonds is 4. The summed E-state index contributed by atoms with van der Waals surface area (Å²) in [6.45, 7) is 4.37. The third-order valence-corrected chi connectivity index (χ3v) is 3.36. The summed E-state index contributed by atoms with van der Waals surface area (Å²) >= 11 is 1.63. The number of hydrogen-bond acceptors (Lipinski definition) is 3. The monoisotopic (exact) mass is 200 g/mol. The van der Waals surface area contributed by atoms with Crippen molar-refractivity contribution in [3.05, 3.63) is 21.9 Å². The molecular weight excluding hydrogens is 184 g/mol. The van der Waals surface area contributed by atoms with Gasteiger partial charge in [-0.15, -0.1) is 11.3 Å². The maximum Gasteiger partial charge on any atom is 0.122 e. The molecule has 0 bridgehead atoms. The van der Waals surface area contributed by atoms with Gasteiger partial charge in [-0.2, -0.15) is 0 Å². The topological polar surface area (TPSA) is 29.5 Å². The van der Waals surface area contributed by atoms with Crippen LogP contribution in [0.3, 0.4) is 0 Å². The van der Waals surface area contributed by atoms with Crippen molar-refractivity contribution >= 4 is 11.3 Å². The molecule has 1 unspecified atom stereocenters. The standard InChI is InChI=1S/C10H16O2S/c1-4-10(11,7-12-3)9-6-5-8(2)13-9/h5-6,11H,4,7H2,1-3H3. The molecule has 1 aromatic rings. The van der Waals surface area contributed by atoms with Gasteiger partial charge in [0.2, 0.25) is 0 Å². The Morgan fingerprint density at radius 1 is 1.54 bits per heavy atom. The Labute approximate surface area is 83.2 Å². The molecule has 0 saturated carbocycles. The van der Waals surface area contributed by atoms with Gasteiger partial charge in [0.05, 0.1) is 6.61 Å². The van der Waals surface area contributed by atoms with Crippen LogP contribution in [0.5, 0.6) is 0 Å². The minimum atomic E-state index is -0.798. The van der Waals surface area contributed by atoms with Crippen LogP contribution < -0.4 is 0 Å². The zero-order valence-electron chi connectivity index (χ0n) is 8.33. The molecule has 2 nitrogen and oxygen atoms in total. The highest BCUT2D eigenvalue weighted by molar-refractivity contribution is 7.12. The summed E-state index contributed by atoms with van der Waals surface area (Å²) in [5, 5.41) is 10.2. The minimum Gasteiger partial charge on any atom is -0.382 e. The third-order valence-electron chi connectivity index (χ3n) is 2.17. The van der Waals surface area contributed by atoms with E-state index >= 15 is 0 Å². The van der Waals surface area contributed by atoms with Gasteiger partial charge >= 0.3 is 0 Å². The molecule has 1 atom stereocenters. The van der Waals surface area contributed by atoms with Crippen LogP contribution in [0.1, 0.15) is 23.1 Å². The van der Waals surface area contributed by atoms with Crippen LogP contribution in [-0.2, 0) is 10.3 Å². The van der Waals surface area contributed by atoms with Crippen LogP contribution >= 0.6 is 11.3 Å². The summed E-state index contributed by atoms with van der Waals surface area (Å²) in [5.41, 5.74) is -0.798. The normalized spacial score (nSPS) is 15.7. The van der Waals surface area contributed by atoms with Crippen molar-refractivity contribution in [3.8, 4) is 0 Å². The highest BCUT2D eigenvalue weighted by Crippen LogP contribution is 2.30. The largest absolute Gasteiger partial charge is 0.382 e. The molecule has 0 saturated heterocycles. The van der Waals surface area contributed by atoms with E-state index in [4.69, 9.17) is 4.74 Å². The summed E-state index contributed by atoms with van der Waals surface area (Å²) in [6.07, 6.45) is 0.681. The third kappa shape index (κ3) is 2.30.